The summed E-state index contributed by atoms with van der Waals surface area (Å²) in [7, 11) is 0. The van der Waals surface area contributed by atoms with E-state index in [1.165, 1.54) is 12.1 Å². The molecule has 144 valence electrons. The molecule has 3 aromatic carbocycles. The summed E-state index contributed by atoms with van der Waals surface area (Å²) in [5.41, 5.74) is 1.78. The van der Waals surface area contributed by atoms with Crippen molar-refractivity contribution in [2.75, 3.05) is 5.32 Å². The zero-order chi connectivity index (χ0) is 20.4. The van der Waals surface area contributed by atoms with Gasteiger partial charge in [-0.05, 0) is 29.8 Å². The lowest BCUT2D eigenvalue weighted by molar-refractivity contribution is -0.119. The highest BCUT2D eigenvalue weighted by Gasteiger charge is 2.42. The molecule has 1 atom stereocenters. The predicted octanol–water partition coefficient (Wildman–Crippen LogP) is 3.24. The van der Waals surface area contributed by atoms with E-state index in [-0.39, 0.29) is 12.2 Å². The molecule has 0 spiro atoms. The first kappa shape index (κ1) is 18.4. The molecule has 3 aromatic rings. The molecule has 6 nitrogen and oxygen atoms in total. The molecule has 0 aliphatic carbocycles. The Hall–Kier alpha value is -3.93. The second kappa shape index (κ2) is 7.59. The van der Waals surface area contributed by atoms with Crippen molar-refractivity contribution in [3.05, 3.63) is 95.6 Å². The van der Waals surface area contributed by atoms with Gasteiger partial charge in [0.25, 0.3) is 11.8 Å². The van der Waals surface area contributed by atoms with Gasteiger partial charge in [0.2, 0.25) is 5.91 Å². The number of aromatic hydroxyl groups is 1. The van der Waals surface area contributed by atoms with Crippen molar-refractivity contribution in [1.29, 1.82) is 0 Å². The number of imide groups is 1. The lowest BCUT2D eigenvalue weighted by Gasteiger charge is -2.25. The van der Waals surface area contributed by atoms with Crippen LogP contribution in [0, 0.1) is 0 Å². The van der Waals surface area contributed by atoms with Gasteiger partial charge in [0.05, 0.1) is 11.1 Å². The number of nitrogens with zero attached hydrogens (tertiary/aromatic N) is 1. The van der Waals surface area contributed by atoms with Crippen LogP contribution in [0.25, 0.3) is 0 Å². The number of rotatable bonds is 5. The second-order valence-electron chi connectivity index (χ2n) is 6.77. The van der Waals surface area contributed by atoms with E-state index in [1.54, 1.807) is 36.4 Å². The van der Waals surface area contributed by atoms with Crippen LogP contribution in [0.1, 0.15) is 26.3 Å². The lowest BCUT2D eigenvalue weighted by Crippen LogP contribution is -2.48. The fourth-order valence-corrected chi connectivity index (χ4v) is 3.44. The maximum Gasteiger partial charge on any atom is 0.262 e. The van der Waals surface area contributed by atoms with E-state index in [9.17, 15) is 19.5 Å². The van der Waals surface area contributed by atoms with Gasteiger partial charge in [0.15, 0.2) is 0 Å². The number of phenols is 1. The van der Waals surface area contributed by atoms with Crippen molar-refractivity contribution >= 4 is 23.4 Å². The smallest absolute Gasteiger partial charge is 0.262 e. The van der Waals surface area contributed by atoms with Crippen LogP contribution in [0.4, 0.5) is 5.69 Å². The fraction of sp³-hybridized carbons (Fsp3) is 0.0870. The Balaban J connectivity index is 1.68. The molecule has 0 saturated carbocycles. The third kappa shape index (κ3) is 3.60. The first-order chi connectivity index (χ1) is 14.0. The van der Waals surface area contributed by atoms with Crippen molar-refractivity contribution in [1.82, 2.24) is 4.90 Å². The van der Waals surface area contributed by atoms with Crippen molar-refractivity contribution in [2.24, 2.45) is 0 Å². The van der Waals surface area contributed by atoms with Crippen LogP contribution in [-0.4, -0.2) is 33.8 Å². The van der Waals surface area contributed by atoms with Gasteiger partial charge >= 0.3 is 0 Å². The van der Waals surface area contributed by atoms with Crippen LogP contribution in [-0.2, 0) is 11.2 Å². The Labute approximate surface area is 167 Å². The molecular formula is C23H18N2O4. The molecule has 6 heteroatoms. The summed E-state index contributed by atoms with van der Waals surface area (Å²) >= 11 is 0. The summed E-state index contributed by atoms with van der Waals surface area (Å²) in [4.78, 5) is 40.0. The number of anilines is 1. The summed E-state index contributed by atoms with van der Waals surface area (Å²) in [6, 6.07) is 20.8. The molecule has 1 aliphatic heterocycles. The molecule has 0 saturated heterocycles. The fourth-order valence-electron chi connectivity index (χ4n) is 3.44. The van der Waals surface area contributed by atoms with Gasteiger partial charge in [-0.3, -0.25) is 19.3 Å². The number of nitrogens with one attached hydrogen (secondary N) is 1. The topological polar surface area (TPSA) is 86.7 Å². The monoisotopic (exact) mass is 386 g/mol. The third-order valence-electron chi connectivity index (χ3n) is 4.83. The van der Waals surface area contributed by atoms with E-state index in [2.05, 4.69) is 5.32 Å². The number of hydrogen-bond acceptors (Lipinski definition) is 4. The van der Waals surface area contributed by atoms with Gasteiger partial charge in [-0.2, -0.15) is 0 Å². The molecule has 2 N–H and O–H groups in total. The van der Waals surface area contributed by atoms with Gasteiger partial charge in [0.1, 0.15) is 11.8 Å². The number of carbonyl (C=O) groups excluding carboxylic acids is 3. The van der Waals surface area contributed by atoms with Gasteiger partial charge in [-0.15, -0.1) is 0 Å². The maximum absolute atomic E-state index is 13.1. The highest BCUT2D eigenvalue weighted by atomic mass is 16.3. The summed E-state index contributed by atoms with van der Waals surface area (Å²) in [6.07, 6.45) is 0.178. The zero-order valence-corrected chi connectivity index (χ0v) is 15.4. The summed E-state index contributed by atoms with van der Waals surface area (Å²) in [5, 5.41) is 12.3. The number of benzene rings is 3. The van der Waals surface area contributed by atoms with Crippen molar-refractivity contribution < 1.29 is 19.5 Å². The summed E-state index contributed by atoms with van der Waals surface area (Å²) < 4.78 is 0. The Kier molecular flexibility index (Phi) is 4.83. The van der Waals surface area contributed by atoms with Crippen LogP contribution in [0.2, 0.25) is 0 Å². The van der Waals surface area contributed by atoms with Gasteiger partial charge in [0, 0.05) is 18.2 Å². The minimum atomic E-state index is -1.04. The Morgan fingerprint density at radius 3 is 2.10 bits per heavy atom. The van der Waals surface area contributed by atoms with E-state index in [1.807, 2.05) is 30.3 Å². The quantitative estimate of drug-likeness (QED) is 0.659. The van der Waals surface area contributed by atoms with E-state index in [0.717, 1.165) is 10.5 Å². The highest BCUT2D eigenvalue weighted by Crippen LogP contribution is 2.27. The minimum Gasteiger partial charge on any atom is -0.508 e. The number of carbonyl (C=O) groups is 3. The van der Waals surface area contributed by atoms with Gasteiger partial charge in [-0.25, -0.2) is 0 Å². The van der Waals surface area contributed by atoms with E-state index in [0.29, 0.717) is 16.8 Å². The predicted molar refractivity (Wildman–Crippen MR) is 108 cm³/mol. The molecule has 1 aliphatic rings. The molecule has 4 rings (SSSR count). The Morgan fingerprint density at radius 2 is 1.48 bits per heavy atom. The van der Waals surface area contributed by atoms with Crippen LogP contribution < -0.4 is 5.32 Å². The van der Waals surface area contributed by atoms with E-state index >= 15 is 0 Å². The normalized spacial score (nSPS) is 13.9. The number of phenolic OH excluding ortho intramolecular Hbond substituents is 1. The van der Waals surface area contributed by atoms with E-state index in [4.69, 9.17) is 0 Å². The lowest BCUT2D eigenvalue weighted by atomic mass is 10.0. The minimum absolute atomic E-state index is 0.00291. The Morgan fingerprint density at radius 1 is 0.862 bits per heavy atom. The second-order valence-corrected chi connectivity index (χ2v) is 6.77. The van der Waals surface area contributed by atoms with Gasteiger partial charge in [-0.1, -0.05) is 48.5 Å². The van der Waals surface area contributed by atoms with E-state index < -0.39 is 23.8 Å². The van der Waals surface area contributed by atoms with Crippen molar-refractivity contribution in [2.45, 2.75) is 12.5 Å². The molecule has 0 fully saturated rings. The number of amides is 3. The van der Waals surface area contributed by atoms with Crippen LogP contribution in [0.5, 0.6) is 5.75 Å². The van der Waals surface area contributed by atoms with Crippen LogP contribution >= 0.6 is 0 Å². The zero-order valence-electron chi connectivity index (χ0n) is 15.4. The molecule has 0 radical (unpaired) electrons. The first-order valence-corrected chi connectivity index (χ1v) is 9.15. The Bertz CT molecular complexity index is 1060. The number of hydrogen-bond donors (Lipinski definition) is 2. The molecule has 0 unspecified atom stereocenters. The average molecular weight is 386 g/mol. The molecule has 29 heavy (non-hydrogen) atoms. The molecule has 0 bridgehead atoms. The van der Waals surface area contributed by atoms with Crippen molar-refractivity contribution in [3.8, 4) is 5.75 Å². The van der Waals surface area contributed by atoms with Crippen LogP contribution in [0.3, 0.4) is 0 Å². The van der Waals surface area contributed by atoms with Crippen LogP contribution in [0.15, 0.2) is 78.9 Å². The largest absolute Gasteiger partial charge is 0.508 e. The molecule has 0 aromatic heterocycles. The highest BCUT2D eigenvalue weighted by molar-refractivity contribution is 6.23. The standard InChI is InChI=1S/C23H18N2O4/c26-17-10-6-9-16(14-17)24-21(27)20(13-15-7-2-1-3-8-15)25-22(28)18-11-4-5-12-19(18)23(25)29/h1-12,14,20,26H,13H2,(H,24,27)/t20-/m0/s1. The first-order valence-electron chi connectivity index (χ1n) is 9.15. The molecule has 3 amide bonds. The summed E-state index contributed by atoms with van der Waals surface area (Å²) in [5.74, 6) is -1.48. The number of fused-ring (bicyclic) bond motifs is 1. The average Bonchev–Trinajstić information content (AvgIpc) is 2.98. The third-order valence-corrected chi connectivity index (χ3v) is 4.83. The van der Waals surface area contributed by atoms with Crippen molar-refractivity contribution in [3.63, 3.8) is 0 Å². The maximum atomic E-state index is 13.1. The summed E-state index contributed by atoms with van der Waals surface area (Å²) in [6.45, 7) is 0. The van der Waals surface area contributed by atoms with Gasteiger partial charge < -0.3 is 10.4 Å². The SMILES string of the molecule is O=C(Nc1cccc(O)c1)[C@H](Cc1ccccc1)N1C(=O)c2ccccc2C1=O. The molecular weight excluding hydrogens is 368 g/mol. The molecule has 1 heterocycles.